The fourth-order valence-electron chi connectivity index (χ4n) is 3.26. The van der Waals surface area contributed by atoms with Gasteiger partial charge in [0, 0.05) is 32.3 Å². The summed E-state index contributed by atoms with van der Waals surface area (Å²) in [5.41, 5.74) is 0. The van der Waals surface area contributed by atoms with Gasteiger partial charge in [0.15, 0.2) is 0 Å². The molecule has 1 aliphatic heterocycles. The fourth-order valence-corrected chi connectivity index (χ4v) is 3.26. The summed E-state index contributed by atoms with van der Waals surface area (Å²) in [6.45, 7) is 4.21. The van der Waals surface area contributed by atoms with Gasteiger partial charge in [-0.1, -0.05) is 19.3 Å². The van der Waals surface area contributed by atoms with E-state index in [2.05, 4.69) is 4.90 Å². The summed E-state index contributed by atoms with van der Waals surface area (Å²) < 4.78 is 5.42. The van der Waals surface area contributed by atoms with Crippen LogP contribution >= 0.6 is 0 Å². The van der Waals surface area contributed by atoms with Crippen LogP contribution in [0.1, 0.15) is 44.9 Å². The van der Waals surface area contributed by atoms with E-state index in [1.165, 1.54) is 51.5 Å². The molecule has 2 aliphatic rings. The minimum Gasteiger partial charge on any atom is -0.395 e. The van der Waals surface area contributed by atoms with Crippen molar-refractivity contribution in [1.82, 2.24) is 4.90 Å². The van der Waals surface area contributed by atoms with E-state index in [1.54, 1.807) is 0 Å². The molecule has 1 heterocycles. The quantitative estimate of drug-likeness (QED) is 0.799. The van der Waals surface area contributed by atoms with Crippen molar-refractivity contribution >= 4 is 0 Å². The lowest BCUT2D eigenvalue weighted by Gasteiger charge is -2.37. The Balaban J connectivity index is 1.81. The van der Waals surface area contributed by atoms with E-state index in [4.69, 9.17) is 4.74 Å². The number of rotatable bonds is 5. The summed E-state index contributed by atoms with van der Waals surface area (Å²) in [7, 11) is 0. The number of aliphatic hydroxyl groups is 1. The van der Waals surface area contributed by atoms with Gasteiger partial charge in [-0.2, -0.15) is 0 Å². The molecule has 3 heteroatoms. The molecule has 0 unspecified atom stereocenters. The van der Waals surface area contributed by atoms with E-state index in [-0.39, 0.29) is 0 Å². The highest BCUT2D eigenvalue weighted by molar-refractivity contribution is 4.78. The van der Waals surface area contributed by atoms with Crippen LogP contribution in [0, 0.1) is 5.92 Å². The van der Waals surface area contributed by atoms with Crippen LogP contribution in [0.5, 0.6) is 0 Å². The van der Waals surface area contributed by atoms with Gasteiger partial charge in [0.1, 0.15) is 0 Å². The lowest BCUT2D eigenvalue weighted by molar-refractivity contribution is 0.0362. The summed E-state index contributed by atoms with van der Waals surface area (Å²) in [6, 6.07) is 0.735. The van der Waals surface area contributed by atoms with Crippen molar-refractivity contribution in [2.45, 2.75) is 51.0 Å². The number of hydrogen-bond acceptors (Lipinski definition) is 3. The second kappa shape index (κ2) is 7.34. The zero-order chi connectivity index (χ0) is 11.9. The number of ether oxygens (including phenoxy) is 1. The average Bonchev–Trinajstić information content (AvgIpc) is 2.40. The maximum Gasteiger partial charge on any atom is 0.0558 e. The molecule has 0 spiro atoms. The normalized spacial score (nSPS) is 24.4. The summed E-state index contributed by atoms with van der Waals surface area (Å²) >= 11 is 0. The van der Waals surface area contributed by atoms with Gasteiger partial charge in [0.2, 0.25) is 0 Å². The molecule has 1 saturated heterocycles. The molecule has 100 valence electrons. The molecule has 0 radical (unpaired) electrons. The summed E-state index contributed by atoms with van der Waals surface area (Å²) in [5, 5.41) is 9.23. The Morgan fingerprint density at radius 1 is 1.00 bits per heavy atom. The highest BCUT2D eigenvalue weighted by Crippen LogP contribution is 2.25. The zero-order valence-electron chi connectivity index (χ0n) is 10.9. The second-order valence-corrected chi connectivity index (χ2v) is 5.57. The van der Waals surface area contributed by atoms with E-state index in [0.717, 1.165) is 31.7 Å². The topological polar surface area (TPSA) is 32.7 Å². The van der Waals surface area contributed by atoms with Crippen molar-refractivity contribution in [2.24, 2.45) is 5.92 Å². The molecular weight excluding hydrogens is 214 g/mol. The number of hydrogen-bond donors (Lipinski definition) is 1. The molecule has 0 aromatic heterocycles. The molecule has 0 aromatic rings. The molecule has 0 atom stereocenters. The van der Waals surface area contributed by atoms with Crippen LogP contribution in [-0.2, 0) is 4.74 Å². The molecule has 0 bridgehead atoms. The van der Waals surface area contributed by atoms with Crippen LogP contribution < -0.4 is 0 Å². The maximum absolute atomic E-state index is 9.23. The lowest BCUT2D eigenvalue weighted by atomic mass is 9.92. The van der Waals surface area contributed by atoms with E-state index in [0.29, 0.717) is 6.61 Å². The third-order valence-corrected chi connectivity index (χ3v) is 4.31. The van der Waals surface area contributed by atoms with Crippen LogP contribution in [0.3, 0.4) is 0 Å². The standard InChI is InChI=1S/C14H27NO2/c16-9-8-15(14-4-2-1-3-5-14)12-13-6-10-17-11-7-13/h13-14,16H,1-12H2. The Hall–Kier alpha value is -0.120. The van der Waals surface area contributed by atoms with Crippen LogP contribution in [0.2, 0.25) is 0 Å². The summed E-state index contributed by atoms with van der Waals surface area (Å²) in [6.07, 6.45) is 9.23. The number of nitrogens with zero attached hydrogens (tertiary/aromatic N) is 1. The molecule has 2 fully saturated rings. The van der Waals surface area contributed by atoms with E-state index >= 15 is 0 Å². The first-order valence-corrected chi connectivity index (χ1v) is 7.33. The van der Waals surface area contributed by atoms with Gasteiger partial charge < -0.3 is 9.84 Å². The monoisotopic (exact) mass is 241 g/mol. The lowest BCUT2D eigenvalue weighted by Crippen LogP contribution is -2.42. The van der Waals surface area contributed by atoms with Crippen LogP contribution in [0.25, 0.3) is 0 Å². The molecule has 17 heavy (non-hydrogen) atoms. The third kappa shape index (κ3) is 4.23. The van der Waals surface area contributed by atoms with E-state index in [1.807, 2.05) is 0 Å². The molecule has 0 aromatic carbocycles. The molecular formula is C14H27NO2. The number of aliphatic hydroxyl groups excluding tert-OH is 1. The Morgan fingerprint density at radius 3 is 2.35 bits per heavy atom. The highest BCUT2D eigenvalue weighted by atomic mass is 16.5. The minimum atomic E-state index is 0.305. The van der Waals surface area contributed by atoms with Gasteiger partial charge in [-0.15, -0.1) is 0 Å². The van der Waals surface area contributed by atoms with Gasteiger partial charge in [-0.05, 0) is 31.6 Å². The molecule has 0 amide bonds. The largest absolute Gasteiger partial charge is 0.395 e. The SMILES string of the molecule is OCCN(CC1CCOCC1)C1CCCCC1. The van der Waals surface area contributed by atoms with Gasteiger partial charge in [0.25, 0.3) is 0 Å². The Labute approximate surface area is 105 Å². The van der Waals surface area contributed by atoms with Crippen molar-refractivity contribution in [3.63, 3.8) is 0 Å². The van der Waals surface area contributed by atoms with Crippen molar-refractivity contribution < 1.29 is 9.84 Å². The predicted octanol–water partition coefficient (Wildman–Crippen LogP) is 2.04. The minimum absolute atomic E-state index is 0.305. The van der Waals surface area contributed by atoms with Gasteiger partial charge in [-0.25, -0.2) is 0 Å². The summed E-state index contributed by atoms with van der Waals surface area (Å²) in [4.78, 5) is 2.55. The Bertz CT molecular complexity index is 198. The molecule has 1 aliphatic carbocycles. The average molecular weight is 241 g/mol. The van der Waals surface area contributed by atoms with Crippen LogP contribution in [0.4, 0.5) is 0 Å². The van der Waals surface area contributed by atoms with Crippen molar-refractivity contribution in [3.05, 3.63) is 0 Å². The first-order chi connectivity index (χ1) is 8.40. The first kappa shape index (κ1) is 13.3. The molecule has 3 nitrogen and oxygen atoms in total. The molecule has 2 rings (SSSR count). The molecule has 1 N–H and O–H groups in total. The van der Waals surface area contributed by atoms with Gasteiger partial charge >= 0.3 is 0 Å². The van der Waals surface area contributed by atoms with Crippen LogP contribution in [-0.4, -0.2) is 49.0 Å². The van der Waals surface area contributed by atoms with Crippen molar-refractivity contribution in [1.29, 1.82) is 0 Å². The highest BCUT2D eigenvalue weighted by Gasteiger charge is 2.24. The zero-order valence-corrected chi connectivity index (χ0v) is 10.9. The Morgan fingerprint density at radius 2 is 1.71 bits per heavy atom. The van der Waals surface area contributed by atoms with E-state index in [9.17, 15) is 5.11 Å². The van der Waals surface area contributed by atoms with Gasteiger partial charge in [-0.3, -0.25) is 4.90 Å². The van der Waals surface area contributed by atoms with Gasteiger partial charge in [0.05, 0.1) is 6.61 Å². The summed E-state index contributed by atoms with van der Waals surface area (Å²) in [5.74, 6) is 0.789. The van der Waals surface area contributed by atoms with Crippen LogP contribution in [0.15, 0.2) is 0 Å². The second-order valence-electron chi connectivity index (χ2n) is 5.57. The first-order valence-electron chi connectivity index (χ1n) is 7.33. The van der Waals surface area contributed by atoms with Crippen molar-refractivity contribution in [3.8, 4) is 0 Å². The van der Waals surface area contributed by atoms with Crippen molar-refractivity contribution in [2.75, 3.05) is 32.9 Å². The molecule has 1 saturated carbocycles. The Kier molecular flexibility index (Phi) is 5.75. The maximum atomic E-state index is 9.23. The smallest absolute Gasteiger partial charge is 0.0558 e. The fraction of sp³-hybridized carbons (Fsp3) is 1.00. The van der Waals surface area contributed by atoms with E-state index < -0.39 is 0 Å². The third-order valence-electron chi connectivity index (χ3n) is 4.31. The predicted molar refractivity (Wildman–Crippen MR) is 69.1 cm³/mol.